The Balaban J connectivity index is 1.57. The number of nitrogens with zero attached hydrogens (tertiary/aromatic N) is 3. The maximum Gasteiger partial charge on any atom is 0.410 e. The molecule has 1 aliphatic heterocycles. The van der Waals surface area contributed by atoms with Crippen molar-refractivity contribution in [2.75, 3.05) is 13.1 Å². The summed E-state index contributed by atoms with van der Waals surface area (Å²) in [5, 5.41) is 7.94. The average molecular weight is 348 g/mol. The fourth-order valence-corrected chi connectivity index (χ4v) is 3.63. The summed E-state index contributed by atoms with van der Waals surface area (Å²) in [6.07, 6.45) is 8.69. The lowest BCUT2D eigenvalue weighted by Gasteiger charge is -2.39. The number of nitrogens with one attached hydrogen (secondary N) is 1. The fourth-order valence-electron chi connectivity index (χ4n) is 3.63. The summed E-state index contributed by atoms with van der Waals surface area (Å²) in [7, 11) is 1.94. The van der Waals surface area contributed by atoms with Gasteiger partial charge in [-0.25, -0.2) is 4.79 Å². The van der Waals surface area contributed by atoms with Crippen LogP contribution in [0.2, 0.25) is 0 Å². The Morgan fingerprint density at radius 2 is 2.12 bits per heavy atom. The van der Waals surface area contributed by atoms with E-state index in [1.165, 1.54) is 24.8 Å². The lowest BCUT2D eigenvalue weighted by molar-refractivity contribution is 0.0121. The summed E-state index contributed by atoms with van der Waals surface area (Å²) in [6.45, 7) is 8.18. The molecule has 1 saturated heterocycles. The van der Waals surface area contributed by atoms with Crippen LogP contribution in [0.15, 0.2) is 12.4 Å². The second-order valence-electron chi connectivity index (χ2n) is 8.66. The lowest BCUT2D eigenvalue weighted by atomic mass is 9.87. The molecule has 2 heterocycles. The third-order valence-corrected chi connectivity index (χ3v) is 5.05. The van der Waals surface area contributed by atoms with Crippen LogP contribution in [0.1, 0.15) is 52.0 Å². The van der Waals surface area contributed by atoms with E-state index < -0.39 is 5.60 Å². The molecule has 2 unspecified atom stereocenters. The molecular formula is C19H32N4O2. The number of piperidine rings is 1. The summed E-state index contributed by atoms with van der Waals surface area (Å²) < 4.78 is 7.41. The number of rotatable bonds is 5. The van der Waals surface area contributed by atoms with Gasteiger partial charge in [-0.3, -0.25) is 4.68 Å². The first-order valence-corrected chi connectivity index (χ1v) is 9.49. The smallest absolute Gasteiger partial charge is 0.410 e. The van der Waals surface area contributed by atoms with Gasteiger partial charge in [0.25, 0.3) is 0 Å². The highest BCUT2D eigenvalue weighted by atomic mass is 16.6. The molecule has 2 fully saturated rings. The number of amides is 1. The van der Waals surface area contributed by atoms with Crippen LogP contribution in [-0.4, -0.2) is 45.5 Å². The van der Waals surface area contributed by atoms with Gasteiger partial charge in [0.05, 0.1) is 6.20 Å². The number of aromatic nitrogens is 2. The fraction of sp³-hybridized carbons (Fsp3) is 0.789. The molecule has 0 bridgehead atoms. The Morgan fingerprint density at radius 3 is 2.72 bits per heavy atom. The maximum atomic E-state index is 12.4. The van der Waals surface area contributed by atoms with Crippen molar-refractivity contribution in [1.82, 2.24) is 20.0 Å². The Labute approximate surface area is 150 Å². The first kappa shape index (κ1) is 18.2. The topological polar surface area (TPSA) is 59.4 Å². The third-order valence-electron chi connectivity index (χ3n) is 5.05. The Kier molecular flexibility index (Phi) is 5.37. The maximum absolute atomic E-state index is 12.4. The zero-order valence-electron chi connectivity index (χ0n) is 16.0. The quantitative estimate of drug-likeness (QED) is 0.889. The number of hydrogen-bond acceptors (Lipinski definition) is 4. The monoisotopic (exact) mass is 348 g/mol. The van der Waals surface area contributed by atoms with Gasteiger partial charge in [-0.05, 0) is 45.4 Å². The van der Waals surface area contributed by atoms with Crippen molar-refractivity contribution in [2.24, 2.45) is 18.9 Å². The Morgan fingerprint density at radius 1 is 1.36 bits per heavy atom. The lowest BCUT2D eigenvalue weighted by Crippen LogP contribution is -2.52. The largest absolute Gasteiger partial charge is 0.444 e. The van der Waals surface area contributed by atoms with Gasteiger partial charge in [0.2, 0.25) is 0 Å². The zero-order valence-corrected chi connectivity index (χ0v) is 16.0. The molecule has 1 N–H and O–H groups in total. The van der Waals surface area contributed by atoms with E-state index in [2.05, 4.69) is 16.6 Å². The van der Waals surface area contributed by atoms with Crippen LogP contribution in [0.3, 0.4) is 0 Å². The molecule has 0 spiro atoms. The number of hydrogen-bond donors (Lipinski definition) is 1. The third kappa shape index (κ3) is 5.46. The molecule has 140 valence electrons. The molecular weight excluding hydrogens is 316 g/mol. The molecule has 2 atom stereocenters. The van der Waals surface area contributed by atoms with Gasteiger partial charge in [-0.15, -0.1) is 0 Å². The van der Waals surface area contributed by atoms with E-state index in [4.69, 9.17) is 4.74 Å². The second kappa shape index (κ2) is 7.36. The van der Waals surface area contributed by atoms with Crippen molar-refractivity contribution in [1.29, 1.82) is 0 Å². The van der Waals surface area contributed by atoms with Crippen LogP contribution in [-0.2, 0) is 18.3 Å². The van der Waals surface area contributed by atoms with Crippen LogP contribution in [0.25, 0.3) is 0 Å². The summed E-state index contributed by atoms with van der Waals surface area (Å²) in [4.78, 5) is 14.3. The van der Waals surface area contributed by atoms with Gasteiger partial charge in [-0.1, -0.05) is 12.8 Å². The van der Waals surface area contributed by atoms with Gasteiger partial charge in [0.1, 0.15) is 5.60 Å². The standard InChI is InChI=1S/C19H32N4O2/c1-19(2,3)25-18(24)23-8-7-17(16(13-23)9-14-5-6-14)20-10-15-11-21-22(4)12-15/h11-12,14,16-17,20H,5-10,13H2,1-4H3. The highest BCUT2D eigenvalue weighted by molar-refractivity contribution is 5.68. The summed E-state index contributed by atoms with van der Waals surface area (Å²) in [5.41, 5.74) is 0.778. The molecule has 1 aromatic heterocycles. The first-order valence-electron chi connectivity index (χ1n) is 9.49. The van der Waals surface area contributed by atoms with Crippen LogP contribution in [0.4, 0.5) is 4.79 Å². The van der Waals surface area contributed by atoms with Crippen molar-refractivity contribution in [3.8, 4) is 0 Å². The molecule has 0 aromatic carbocycles. The summed E-state index contributed by atoms with van der Waals surface area (Å²) in [6, 6.07) is 0.458. The number of likely N-dealkylation sites (tertiary alicyclic amines) is 1. The highest BCUT2D eigenvalue weighted by Crippen LogP contribution is 2.38. The van der Waals surface area contributed by atoms with Crippen LogP contribution >= 0.6 is 0 Å². The van der Waals surface area contributed by atoms with Crippen molar-refractivity contribution < 1.29 is 9.53 Å². The van der Waals surface area contributed by atoms with E-state index in [-0.39, 0.29) is 6.09 Å². The molecule has 6 nitrogen and oxygen atoms in total. The molecule has 1 saturated carbocycles. The molecule has 25 heavy (non-hydrogen) atoms. The summed E-state index contributed by atoms with van der Waals surface area (Å²) in [5.74, 6) is 1.36. The van der Waals surface area contributed by atoms with Gasteiger partial charge in [-0.2, -0.15) is 5.10 Å². The van der Waals surface area contributed by atoms with Crippen molar-refractivity contribution >= 4 is 6.09 Å². The predicted molar refractivity (Wildman–Crippen MR) is 97.1 cm³/mol. The second-order valence-corrected chi connectivity index (χ2v) is 8.66. The van der Waals surface area contributed by atoms with Gasteiger partial charge >= 0.3 is 6.09 Å². The molecule has 0 radical (unpaired) electrons. The van der Waals surface area contributed by atoms with Crippen LogP contribution < -0.4 is 5.32 Å². The Hall–Kier alpha value is -1.56. The molecule has 1 aliphatic carbocycles. The highest BCUT2D eigenvalue weighted by Gasteiger charge is 2.36. The summed E-state index contributed by atoms with van der Waals surface area (Å²) >= 11 is 0. The Bertz CT molecular complexity index is 588. The zero-order chi connectivity index (χ0) is 18.0. The van der Waals surface area contributed by atoms with E-state index in [1.807, 2.05) is 43.6 Å². The van der Waals surface area contributed by atoms with Gasteiger partial charge in [0, 0.05) is 44.5 Å². The molecule has 6 heteroatoms. The molecule has 3 rings (SSSR count). The molecule has 2 aliphatic rings. The molecule has 1 amide bonds. The van der Waals surface area contributed by atoms with Crippen molar-refractivity contribution in [3.63, 3.8) is 0 Å². The van der Waals surface area contributed by atoms with E-state index in [1.54, 1.807) is 0 Å². The molecule has 1 aromatic rings. The van der Waals surface area contributed by atoms with E-state index >= 15 is 0 Å². The number of aryl methyl sites for hydroxylation is 1. The number of carbonyl (C=O) groups excluding carboxylic acids is 1. The van der Waals surface area contributed by atoms with Gasteiger partial charge < -0.3 is 15.0 Å². The van der Waals surface area contributed by atoms with Crippen molar-refractivity contribution in [3.05, 3.63) is 18.0 Å². The number of ether oxygens (including phenoxy) is 1. The minimum absolute atomic E-state index is 0.168. The normalized spacial score (nSPS) is 24.4. The van der Waals surface area contributed by atoms with Crippen LogP contribution in [0, 0.1) is 11.8 Å². The average Bonchev–Trinajstić information content (AvgIpc) is 3.24. The van der Waals surface area contributed by atoms with Crippen molar-refractivity contribution in [2.45, 2.75) is 64.6 Å². The first-order chi connectivity index (χ1) is 11.8. The van der Waals surface area contributed by atoms with Crippen LogP contribution in [0.5, 0.6) is 0 Å². The van der Waals surface area contributed by atoms with E-state index in [0.717, 1.165) is 32.0 Å². The predicted octanol–water partition coefficient (Wildman–Crippen LogP) is 2.94. The number of carbonyl (C=O) groups is 1. The SMILES string of the molecule is Cn1cc(CNC2CCN(C(=O)OC(C)(C)C)CC2CC2CC2)cn1. The van der Waals surface area contributed by atoms with Gasteiger partial charge in [0.15, 0.2) is 0 Å². The minimum atomic E-state index is -0.432. The van der Waals surface area contributed by atoms with E-state index in [9.17, 15) is 4.79 Å². The van der Waals surface area contributed by atoms with E-state index in [0.29, 0.717) is 12.0 Å². The minimum Gasteiger partial charge on any atom is -0.444 e.